The predicted molar refractivity (Wildman–Crippen MR) is 149 cm³/mol. The van der Waals surface area contributed by atoms with Gasteiger partial charge in [0.05, 0.1) is 39.6 Å². The number of hydrogen-bond acceptors (Lipinski definition) is 8. The van der Waals surface area contributed by atoms with E-state index in [1.165, 1.54) is 14.2 Å². The van der Waals surface area contributed by atoms with Gasteiger partial charge in [0.2, 0.25) is 0 Å². The number of alkyl halides is 5. The van der Waals surface area contributed by atoms with Crippen molar-refractivity contribution in [3.05, 3.63) is 58.7 Å². The number of methoxy groups -OCH3 is 4. The van der Waals surface area contributed by atoms with Gasteiger partial charge in [-0.25, -0.2) is 9.59 Å². The molecule has 0 unspecified atom stereocenters. The molecule has 0 aliphatic rings. The first-order chi connectivity index (χ1) is 16.4. The van der Waals surface area contributed by atoms with E-state index in [0.717, 1.165) is 11.1 Å². The van der Waals surface area contributed by atoms with Crippen molar-refractivity contribution in [1.82, 2.24) is 0 Å². The van der Waals surface area contributed by atoms with Gasteiger partial charge in [0.15, 0.2) is 0 Å². The van der Waals surface area contributed by atoms with Crippen LogP contribution >= 0.6 is 75.1 Å². The summed E-state index contributed by atoms with van der Waals surface area (Å²) in [6, 6.07) is 10.6. The Balaban J connectivity index is 0. The third kappa shape index (κ3) is 15.5. The molecule has 14 heteroatoms. The van der Waals surface area contributed by atoms with Crippen molar-refractivity contribution >= 4 is 94.7 Å². The Labute approximate surface area is 240 Å². The molecule has 0 saturated carbocycles. The van der Waals surface area contributed by atoms with Crippen molar-refractivity contribution in [3.8, 4) is 11.5 Å². The number of benzene rings is 2. The number of carbonyl (C=O) groups is 2. The van der Waals surface area contributed by atoms with Gasteiger partial charge < -0.3 is 18.9 Å². The first-order valence-corrected chi connectivity index (χ1v) is 12.2. The van der Waals surface area contributed by atoms with Gasteiger partial charge in [0.25, 0.3) is 3.25 Å². The zero-order chi connectivity index (χ0) is 27.6. The van der Waals surface area contributed by atoms with Crippen LogP contribution in [0.1, 0.15) is 31.8 Å². The molecule has 2 aromatic carbocycles. The fraction of sp³-hybridized carbons (Fsp3) is 0.333. The summed E-state index contributed by atoms with van der Waals surface area (Å²) in [5.41, 5.74) is 2.68. The van der Waals surface area contributed by atoms with E-state index < -0.39 is 3.25 Å². The molecule has 0 atom stereocenters. The Morgan fingerprint density at radius 2 is 1.29 bits per heavy atom. The minimum absolute atomic E-state index is 0.337. The quantitative estimate of drug-likeness (QED) is 0.164. The van der Waals surface area contributed by atoms with Crippen LogP contribution in [0, 0.1) is 6.92 Å². The van der Waals surface area contributed by atoms with Gasteiger partial charge in [-0.1, -0.05) is 74.5 Å². The molecule has 0 aromatic heterocycles. The van der Waals surface area contributed by atoms with Gasteiger partial charge in [-0.2, -0.15) is 0 Å². The summed E-state index contributed by atoms with van der Waals surface area (Å²) in [4.78, 5) is 22.6. The van der Waals surface area contributed by atoms with Crippen molar-refractivity contribution in [2.75, 3.05) is 28.4 Å². The van der Waals surface area contributed by atoms with E-state index in [2.05, 4.69) is 50.2 Å². The number of carbonyl (C=O) groups excluding carboxylic acids is 2. The number of esters is 2. The molecule has 7 nitrogen and oxygen atoms in total. The third-order valence-corrected chi connectivity index (χ3v) is 4.36. The van der Waals surface area contributed by atoms with Gasteiger partial charge in [-0.05, 0) is 31.2 Å². The van der Waals surface area contributed by atoms with Gasteiger partial charge in [0, 0.05) is 16.5 Å². The molecule has 0 N–H and O–H groups in total. The van der Waals surface area contributed by atoms with E-state index in [1.54, 1.807) is 38.5 Å². The van der Waals surface area contributed by atoms with Crippen LogP contribution in [0.3, 0.4) is 0 Å². The molecule has 0 spiro atoms. The number of rotatable bonds is 5. The normalized spacial score (nSPS) is 9.43. The standard InChI is InChI=1S/C10H11BrO3.C10H12O3.CCl4.BHNS/c1-13-9-5-3-4-7(8(9)6-11)10(12)14-2;1-7-8(10(11)13-3)5-4-6-9(7)12-2;2-1(3,4)5;1-2-3/h3-5H,6H2,1-2H3;4-6H,1-3H3;;3H. The van der Waals surface area contributed by atoms with Crippen LogP contribution < -0.4 is 9.47 Å². The summed E-state index contributed by atoms with van der Waals surface area (Å²) in [6.45, 7) is 1.82. The van der Waals surface area contributed by atoms with Gasteiger partial charge in [-0.15, -0.1) is 0 Å². The Kier molecular flexibility index (Phi) is 20.5. The second-order valence-electron chi connectivity index (χ2n) is 5.78. The summed E-state index contributed by atoms with van der Waals surface area (Å²) in [5, 5.41) is 0.557. The molecule has 0 aliphatic carbocycles. The minimum atomic E-state index is -1.61. The molecule has 0 aliphatic heterocycles. The number of halogens is 5. The average molecular weight is 651 g/mol. The van der Waals surface area contributed by atoms with Crippen molar-refractivity contribution in [2.45, 2.75) is 15.5 Å². The summed E-state index contributed by atoms with van der Waals surface area (Å²) in [6.07, 6.45) is 0. The predicted octanol–water partition coefficient (Wildman–Crippen LogP) is 6.90. The molecule has 2 aromatic rings. The van der Waals surface area contributed by atoms with E-state index in [-0.39, 0.29) is 11.9 Å². The number of nitrogens with zero attached hydrogens (tertiary/aromatic N) is 1. The zero-order valence-electron chi connectivity index (χ0n) is 19.5. The Morgan fingerprint density at radius 3 is 1.66 bits per heavy atom. The molecule has 193 valence electrons. The third-order valence-electron chi connectivity index (χ3n) is 3.80. The Morgan fingerprint density at radius 1 is 0.914 bits per heavy atom. The number of ether oxygens (including phenoxy) is 4. The molecule has 0 heterocycles. The topological polar surface area (TPSA) is 83.4 Å². The van der Waals surface area contributed by atoms with E-state index in [0.29, 0.717) is 28.0 Å². The molecular weight excluding hydrogens is 627 g/mol. The van der Waals surface area contributed by atoms with Crippen molar-refractivity contribution < 1.29 is 28.5 Å². The van der Waals surface area contributed by atoms with E-state index in [1.807, 2.05) is 19.1 Å². The van der Waals surface area contributed by atoms with Crippen LogP contribution in [0.5, 0.6) is 11.5 Å². The molecular formula is C21H24BBrCl4NO6S. The van der Waals surface area contributed by atoms with Crippen LogP contribution in [0.4, 0.5) is 0 Å². The molecule has 1 radical (unpaired) electrons. The van der Waals surface area contributed by atoms with Crippen molar-refractivity contribution in [3.63, 3.8) is 0 Å². The Bertz CT molecular complexity index is 945. The van der Waals surface area contributed by atoms with Crippen LogP contribution in [0.15, 0.2) is 40.7 Å². The summed E-state index contributed by atoms with van der Waals surface area (Å²) < 4.78 is 20.6. The number of thiol groups is 1. The second kappa shape index (κ2) is 20.0. The van der Waals surface area contributed by atoms with Crippen LogP contribution in [0.2, 0.25) is 0 Å². The molecule has 0 amide bonds. The van der Waals surface area contributed by atoms with E-state index in [9.17, 15) is 9.59 Å². The second-order valence-corrected chi connectivity index (χ2v) is 10.0. The average Bonchev–Trinajstić information content (AvgIpc) is 2.82. The van der Waals surface area contributed by atoms with E-state index >= 15 is 0 Å². The monoisotopic (exact) mass is 648 g/mol. The van der Waals surface area contributed by atoms with E-state index in [4.69, 9.17) is 55.9 Å². The number of hydrogen-bond donors (Lipinski definition) is 1. The molecule has 35 heavy (non-hydrogen) atoms. The SMILES string of the molecule is COC(=O)c1cccc(OC)c1C.COC(=O)c1cccc(OC)c1CBr.ClC(Cl)(Cl)Cl.[B]=NS. The fourth-order valence-corrected chi connectivity index (χ4v) is 2.94. The maximum absolute atomic E-state index is 11.4. The molecule has 0 bridgehead atoms. The van der Waals surface area contributed by atoms with Crippen LogP contribution in [0.25, 0.3) is 0 Å². The van der Waals surface area contributed by atoms with Crippen molar-refractivity contribution in [1.29, 1.82) is 0 Å². The van der Waals surface area contributed by atoms with Gasteiger partial charge in [0.1, 0.15) is 11.5 Å². The van der Waals surface area contributed by atoms with Crippen molar-refractivity contribution in [2.24, 2.45) is 4.30 Å². The molecule has 2 rings (SSSR count). The Hall–Kier alpha value is -1.17. The fourth-order valence-electron chi connectivity index (χ4n) is 2.36. The zero-order valence-corrected chi connectivity index (χ0v) is 25.0. The first kappa shape index (κ1) is 36.0. The molecule has 0 saturated heterocycles. The summed E-state index contributed by atoms with van der Waals surface area (Å²) in [5.74, 6) is 0.697. The first-order valence-electron chi connectivity index (χ1n) is 9.18. The van der Waals surface area contributed by atoms with Crippen LogP contribution in [-0.4, -0.2) is 51.3 Å². The maximum atomic E-state index is 11.4. The summed E-state index contributed by atoms with van der Waals surface area (Å²) >= 11 is 25.8. The van der Waals surface area contributed by atoms with Gasteiger partial charge in [-0.3, -0.25) is 0 Å². The van der Waals surface area contributed by atoms with Crippen LogP contribution in [-0.2, 0) is 14.8 Å². The summed E-state index contributed by atoms with van der Waals surface area (Å²) in [7, 11) is 10.2. The molecule has 0 fully saturated rings. The van der Waals surface area contributed by atoms with Gasteiger partial charge >= 0.3 is 36.7 Å².